The molecule has 3 rings (SSSR count). The van der Waals surface area contributed by atoms with Gasteiger partial charge in [-0.1, -0.05) is 34.6 Å². The molecule has 0 N–H and O–H groups in total. The van der Waals surface area contributed by atoms with Crippen LogP contribution in [0.15, 0.2) is 0 Å². The second-order valence-corrected chi connectivity index (χ2v) is 6.62. The van der Waals surface area contributed by atoms with E-state index in [1.807, 2.05) is 13.8 Å². The van der Waals surface area contributed by atoms with Gasteiger partial charge in [0.25, 0.3) is 0 Å². The Morgan fingerprint density at radius 3 is 2.12 bits per heavy atom. The van der Waals surface area contributed by atoms with E-state index in [-0.39, 0.29) is 0 Å². The summed E-state index contributed by atoms with van der Waals surface area (Å²) in [4.78, 5) is 2.83. The number of hydrogen-bond acceptors (Lipinski definition) is 1. The molecule has 1 nitrogen and oxygen atoms in total. The van der Waals surface area contributed by atoms with Gasteiger partial charge in [-0.2, -0.15) is 0 Å². The van der Waals surface area contributed by atoms with E-state index < -0.39 is 0 Å². The fourth-order valence-electron chi connectivity index (χ4n) is 4.29. The maximum atomic E-state index is 2.83. The Hall–Kier alpha value is -0.0400. The quantitative estimate of drug-likeness (QED) is 0.647. The molecule has 1 saturated carbocycles. The van der Waals surface area contributed by atoms with Crippen LogP contribution in [0.4, 0.5) is 0 Å². The minimum Gasteiger partial charge on any atom is -0.297 e. The van der Waals surface area contributed by atoms with Crippen molar-refractivity contribution in [3.8, 4) is 0 Å². The molecule has 0 aromatic heterocycles. The topological polar surface area (TPSA) is 3.24 Å². The van der Waals surface area contributed by atoms with Gasteiger partial charge in [0.15, 0.2) is 0 Å². The van der Waals surface area contributed by atoms with Crippen LogP contribution in [0.2, 0.25) is 0 Å². The van der Waals surface area contributed by atoms with Crippen molar-refractivity contribution < 1.29 is 0 Å². The van der Waals surface area contributed by atoms with Gasteiger partial charge in [0.2, 0.25) is 0 Å². The molecule has 0 bridgehead atoms. The van der Waals surface area contributed by atoms with Crippen LogP contribution < -0.4 is 0 Å². The standard InChI is InChI=1S/C13H23N.C2H6/c1-4-13-9-12(5-6-12)10-14(13)8-7-11(13,2)3;1-2/h4-10H2,1-3H3;1-2H3/t13-;/m1./s1. The summed E-state index contributed by atoms with van der Waals surface area (Å²) in [6, 6.07) is 0. The molecule has 1 aliphatic carbocycles. The molecule has 1 atom stereocenters. The molecule has 0 unspecified atom stereocenters. The average molecular weight is 223 g/mol. The molecule has 16 heavy (non-hydrogen) atoms. The van der Waals surface area contributed by atoms with Gasteiger partial charge in [-0.25, -0.2) is 0 Å². The fourth-order valence-corrected chi connectivity index (χ4v) is 4.29. The first kappa shape index (κ1) is 12.4. The Bertz CT molecular complexity index is 265. The second kappa shape index (κ2) is 3.73. The highest BCUT2D eigenvalue weighted by molar-refractivity contribution is 5.18. The van der Waals surface area contributed by atoms with Gasteiger partial charge >= 0.3 is 0 Å². The lowest BCUT2D eigenvalue weighted by Crippen LogP contribution is -2.46. The van der Waals surface area contributed by atoms with Crippen LogP contribution in [-0.4, -0.2) is 23.5 Å². The summed E-state index contributed by atoms with van der Waals surface area (Å²) in [5, 5.41) is 0. The average Bonchev–Trinajstić information content (AvgIpc) is 2.86. The van der Waals surface area contributed by atoms with Crippen molar-refractivity contribution in [2.45, 2.75) is 72.3 Å². The molecule has 0 aromatic rings. The molecule has 3 fully saturated rings. The molecular weight excluding hydrogens is 194 g/mol. The summed E-state index contributed by atoms with van der Waals surface area (Å²) in [5.41, 5.74) is 1.92. The third-order valence-electron chi connectivity index (χ3n) is 5.61. The largest absolute Gasteiger partial charge is 0.297 e. The summed E-state index contributed by atoms with van der Waals surface area (Å²) >= 11 is 0. The second-order valence-electron chi connectivity index (χ2n) is 6.62. The van der Waals surface area contributed by atoms with Crippen LogP contribution in [0.25, 0.3) is 0 Å². The van der Waals surface area contributed by atoms with Gasteiger partial charge in [-0.3, -0.25) is 4.90 Å². The van der Waals surface area contributed by atoms with Crippen LogP contribution >= 0.6 is 0 Å². The molecule has 0 aromatic carbocycles. The van der Waals surface area contributed by atoms with E-state index in [1.165, 1.54) is 45.2 Å². The van der Waals surface area contributed by atoms with Gasteiger partial charge in [-0.05, 0) is 49.5 Å². The monoisotopic (exact) mass is 223 g/mol. The van der Waals surface area contributed by atoms with Crippen molar-refractivity contribution in [1.29, 1.82) is 0 Å². The zero-order valence-electron chi connectivity index (χ0n) is 11.9. The summed E-state index contributed by atoms with van der Waals surface area (Å²) in [6.45, 7) is 14.2. The highest BCUT2D eigenvalue weighted by atomic mass is 15.3. The maximum Gasteiger partial charge on any atom is 0.0264 e. The number of nitrogens with zero attached hydrogens (tertiary/aromatic N) is 1. The van der Waals surface area contributed by atoms with Gasteiger partial charge < -0.3 is 0 Å². The molecule has 2 aliphatic heterocycles. The van der Waals surface area contributed by atoms with Crippen molar-refractivity contribution in [3.63, 3.8) is 0 Å². The zero-order valence-corrected chi connectivity index (χ0v) is 11.9. The molecular formula is C15H29N. The minimum atomic E-state index is 0.563. The molecule has 0 amide bonds. The summed E-state index contributed by atoms with van der Waals surface area (Å²) in [5.74, 6) is 0. The predicted molar refractivity (Wildman–Crippen MR) is 70.6 cm³/mol. The van der Waals surface area contributed by atoms with Crippen LogP contribution in [-0.2, 0) is 0 Å². The van der Waals surface area contributed by atoms with E-state index in [0.717, 1.165) is 5.41 Å². The lowest BCUT2D eigenvalue weighted by atomic mass is 9.68. The van der Waals surface area contributed by atoms with E-state index >= 15 is 0 Å². The fraction of sp³-hybridized carbons (Fsp3) is 1.00. The molecule has 94 valence electrons. The maximum absolute atomic E-state index is 2.83. The summed E-state index contributed by atoms with van der Waals surface area (Å²) < 4.78 is 0. The van der Waals surface area contributed by atoms with Crippen molar-refractivity contribution >= 4 is 0 Å². The molecule has 2 saturated heterocycles. The van der Waals surface area contributed by atoms with Crippen molar-refractivity contribution in [2.24, 2.45) is 10.8 Å². The third-order valence-corrected chi connectivity index (χ3v) is 5.61. The number of rotatable bonds is 1. The van der Waals surface area contributed by atoms with Crippen molar-refractivity contribution in [1.82, 2.24) is 4.90 Å². The molecule has 1 spiro atoms. The molecule has 3 aliphatic rings. The highest BCUT2D eigenvalue weighted by Crippen LogP contribution is 2.65. The highest BCUT2D eigenvalue weighted by Gasteiger charge is 2.64. The van der Waals surface area contributed by atoms with Gasteiger partial charge in [0, 0.05) is 12.1 Å². The zero-order chi connectivity index (χ0) is 12.0. The van der Waals surface area contributed by atoms with E-state index in [0.29, 0.717) is 11.0 Å². The first-order valence-electron chi connectivity index (χ1n) is 7.29. The predicted octanol–water partition coefficient (Wildman–Crippen LogP) is 4.08. The van der Waals surface area contributed by atoms with Crippen LogP contribution in [0, 0.1) is 10.8 Å². The Morgan fingerprint density at radius 1 is 1.06 bits per heavy atom. The van der Waals surface area contributed by atoms with E-state index in [4.69, 9.17) is 0 Å². The Balaban J connectivity index is 0.000000457. The van der Waals surface area contributed by atoms with Crippen molar-refractivity contribution in [3.05, 3.63) is 0 Å². The SMILES string of the molecule is CC.CC[C@]12CC3(CC3)CN1CCC2(C)C. The summed E-state index contributed by atoms with van der Waals surface area (Å²) in [7, 11) is 0. The smallest absolute Gasteiger partial charge is 0.0264 e. The Kier molecular flexibility index (Phi) is 2.89. The van der Waals surface area contributed by atoms with Gasteiger partial charge in [-0.15, -0.1) is 0 Å². The van der Waals surface area contributed by atoms with Gasteiger partial charge in [0.1, 0.15) is 0 Å². The lowest BCUT2D eigenvalue weighted by Gasteiger charge is -2.42. The third kappa shape index (κ3) is 1.47. The molecule has 0 radical (unpaired) electrons. The van der Waals surface area contributed by atoms with E-state index in [1.54, 1.807) is 0 Å². The van der Waals surface area contributed by atoms with Crippen LogP contribution in [0.1, 0.15) is 66.7 Å². The number of fused-ring (bicyclic) bond motifs is 1. The molecule has 2 heterocycles. The van der Waals surface area contributed by atoms with E-state index in [9.17, 15) is 0 Å². The molecule has 1 heteroatoms. The Morgan fingerprint density at radius 2 is 1.69 bits per heavy atom. The summed E-state index contributed by atoms with van der Waals surface area (Å²) in [6.07, 6.45) is 7.31. The first-order valence-corrected chi connectivity index (χ1v) is 7.29. The van der Waals surface area contributed by atoms with Gasteiger partial charge in [0.05, 0.1) is 0 Å². The minimum absolute atomic E-state index is 0.563. The van der Waals surface area contributed by atoms with Crippen molar-refractivity contribution in [2.75, 3.05) is 13.1 Å². The van der Waals surface area contributed by atoms with Crippen LogP contribution in [0.3, 0.4) is 0 Å². The normalized spacial score (nSPS) is 38.1. The Labute approximate surface area is 102 Å². The van der Waals surface area contributed by atoms with E-state index in [2.05, 4.69) is 25.7 Å². The number of hydrogen-bond donors (Lipinski definition) is 0. The lowest BCUT2D eigenvalue weighted by molar-refractivity contribution is 0.0890. The first-order chi connectivity index (χ1) is 7.54. The van der Waals surface area contributed by atoms with Crippen LogP contribution in [0.5, 0.6) is 0 Å².